The number of ether oxygens (including phenoxy) is 1. The van der Waals surface area contributed by atoms with Gasteiger partial charge in [0.1, 0.15) is 0 Å². The Bertz CT molecular complexity index is 561. The van der Waals surface area contributed by atoms with Crippen LogP contribution in [-0.2, 0) is 6.18 Å². The Morgan fingerprint density at radius 3 is 2.63 bits per heavy atom. The molecular formula is C13H13F3N2O. The Labute approximate surface area is 108 Å². The number of nitrogens with zero attached hydrogens (tertiary/aromatic N) is 2. The van der Waals surface area contributed by atoms with E-state index in [-0.39, 0.29) is 6.10 Å². The molecule has 0 spiro atoms. The highest BCUT2D eigenvalue weighted by atomic mass is 19.4. The Balaban J connectivity index is 2.29. The van der Waals surface area contributed by atoms with Crippen LogP contribution in [0.2, 0.25) is 0 Å². The van der Waals surface area contributed by atoms with E-state index in [0.717, 1.165) is 12.1 Å². The zero-order valence-electron chi connectivity index (χ0n) is 10.5. The van der Waals surface area contributed by atoms with E-state index in [9.17, 15) is 13.2 Å². The molecule has 19 heavy (non-hydrogen) atoms. The Hall–Kier alpha value is -1.98. The average molecular weight is 270 g/mol. The monoisotopic (exact) mass is 270 g/mol. The minimum absolute atomic E-state index is 0.0147. The van der Waals surface area contributed by atoms with Gasteiger partial charge in [0.05, 0.1) is 29.7 Å². The molecule has 0 amide bonds. The predicted octanol–water partition coefficient (Wildman–Crippen LogP) is 3.68. The van der Waals surface area contributed by atoms with Crippen molar-refractivity contribution in [3.63, 3.8) is 0 Å². The zero-order chi connectivity index (χ0) is 14.0. The smallest absolute Gasteiger partial charge is 0.416 e. The van der Waals surface area contributed by atoms with Gasteiger partial charge in [0.2, 0.25) is 0 Å². The third-order valence-corrected chi connectivity index (χ3v) is 2.37. The van der Waals surface area contributed by atoms with E-state index in [1.807, 2.05) is 13.8 Å². The number of hydrogen-bond donors (Lipinski definition) is 0. The van der Waals surface area contributed by atoms with Crippen LogP contribution in [0, 0.1) is 0 Å². The Kier molecular flexibility index (Phi) is 3.50. The van der Waals surface area contributed by atoms with Crippen LogP contribution in [0.25, 0.3) is 5.69 Å². The van der Waals surface area contributed by atoms with Crippen molar-refractivity contribution in [2.45, 2.75) is 26.1 Å². The molecule has 102 valence electrons. The number of alkyl halides is 3. The van der Waals surface area contributed by atoms with Crippen LogP contribution in [-0.4, -0.2) is 15.9 Å². The molecule has 0 N–H and O–H groups in total. The number of rotatable bonds is 3. The molecule has 3 nitrogen and oxygen atoms in total. The molecule has 1 aromatic carbocycles. The quantitative estimate of drug-likeness (QED) is 0.850. The lowest BCUT2D eigenvalue weighted by molar-refractivity contribution is -0.137. The summed E-state index contributed by atoms with van der Waals surface area (Å²) < 4.78 is 44.6. The summed E-state index contributed by atoms with van der Waals surface area (Å²) in [5.74, 6) is 0.521. The third kappa shape index (κ3) is 3.27. The first-order valence-corrected chi connectivity index (χ1v) is 5.75. The van der Waals surface area contributed by atoms with Gasteiger partial charge in [-0.25, -0.2) is 4.68 Å². The van der Waals surface area contributed by atoms with Crippen molar-refractivity contribution in [3.8, 4) is 11.4 Å². The van der Waals surface area contributed by atoms with Gasteiger partial charge >= 0.3 is 6.18 Å². The Morgan fingerprint density at radius 1 is 1.26 bits per heavy atom. The van der Waals surface area contributed by atoms with E-state index in [0.29, 0.717) is 11.4 Å². The fourth-order valence-corrected chi connectivity index (χ4v) is 1.61. The van der Waals surface area contributed by atoms with Crippen LogP contribution in [0.4, 0.5) is 13.2 Å². The predicted molar refractivity (Wildman–Crippen MR) is 64.3 cm³/mol. The number of halogens is 3. The van der Waals surface area contributed by atoms with Gasteiger partial charge in [0.25, 0.3) is 0 Å². The standard InChI is InChI=1S/C13H13F3N2O/c1-9(2)19-12-7-17-18(8-12)11-5-3-4-10(6-11)13(14,15)16/h3-9H,1-2H3. The molecule has 0 saturated carbocycles. The lowest BCUT2D eigenvalue weighted by Crippen LogP contribution is -2.06. The molecule has 1 aromatic heterocycles. The summed E-state index contributed by atoms with van der Waals surface area (Å²) in [6.07, 6.45) is -1.35. The molecule has 1 heterocycles. The molecule has 6 heteroatoms. The summed E-state index contributed by atoms with van der Waals surface area (Å²) in [6.45, 7) is 3.73. The maximum atomic E-state index is 12.6. The highest BCUT2D eigenvalue weighted by Crippen LogP contribution is 2.30. The fourth-order valence-electron chi connectivity index (χ4n) is 1.61. The van der Waals surface area contributed by atoms with E-state index in [4.69, 9.17) is 4.74 Å². The molecule has 0 aliphatic heterocycles. The van der Waals surface area contributed by atoms with Crippen LogP contribution in [0.1, 0.15) is 19.4 Å². The molecule has 0 unspecified atom stereocenters. The summed E-state index contributed by atoms with van der Waals surface area (Å²) in [7, 11) is 0. The van der Waals surface area contributed by atoms with Crippen LogP contribution in [0.15, 0.2) is 36.7 Å². The van der Waals surface area contributed by atoms with Crippen LogP contribution in [0.5, 0.6) is 5.75 Å². The molecule has 0 aliphatic rings. The molecule has 0 saturated heterocycles. The highest BCUT2D eigenvalue weighted by Gasteiger charge is 2.30. The first kappa shape index (κ1) is 13.5. The van der Waals surface area contributed by atoms with Crippen molar-refractivity contribution < 1.29 is 17.9 Å². The largest absolute Gasteiger partial charge is 0.488 e. The third-order valence-electron chi connectivity index (χ3n) is 2.37. The lowest BCUT2D eigenvalue weighted by Gasteiger charge is -2.08. The van der Waals surface area contributed by atoms with Gasteiger partial charge in [-0.15, -0.1) is 0 Å². The van der Waals surface area contributed by atoms with Gasteiger partial charge in [-0.3, -0.25) is 0 Å². The van der Waals surface area contributed by atoms with E-state index in [2.05, 4.69) is 5.10 Å². The normalized spacial score (nSPS) is 11.9. The zero-order valence-corrected chi connectivity index (χ0v) is 10.5. The van der Waals surface area contributed by atoms with E-state index in [1.54, 1.807) is 12.3 Å². The molecular weight excluding hydrogens is 257 g/mol. The van der Waals surface area contributed by atoms with E-state index >= 15 is 0 Å². The van der Waals surface area contributed by atoms with Crippen molar-refractivity contribution in [3.05, 3.63) is 42.2 Å². The van der Waals surface area contributed by atoms with E-state index in [1.165, 1.54) is 16.9 Å². The second-order valence-corrected chi connectivity index (χ2v) is 4.34. The maximum Gasteiger partial charge on any atom is 0.416 e. The molecule has 0 atom stereocenters. The van der Waals surface area contributed by atoms with Gasteiger partial charge < -0.3 is 4.74 Å². The average Bonchev–Trinajstić information content (AvgIpc) is 2.76. The van der Waals surface area contributed by atoms with Crippen molar-refractivity contribution in [1.29, 1.82) is 0 Å². The molecule has 0 fully saturated rings. The number of hydrogen-bond acceptors (Lipinski definition) is 2. The van der Waals surface area contributed by atoms with Crippen LogP contribution < -0.4 is 4.74 Å². The maximum absolute atomic E-state index is 12.6. The van der Waals surface area contributed by atoms with Gasteiger partial charge in [-0.2, -0.15) is 18.3 Å². The second-order valence-electron chi connectivity index (χ2n) is 4.34. The molecule has 0 bridgehead atoms. The van der Waals surface area contributed by atoms with Gasteiger partial charge in [-0.1, -0.05) is 6.07 Å². The van der Waals surface area contributed by atoms with Crippen molar-refractivity contribution >= 4 is 0 Å². The first-order valence-electron chi connectivity index (χ1n) is 5.75. The summed E-state index contributed by atoms with van der Waals surface area (Å²) in [4.78, 5) is 0. The molecule has 2 rings (SSSR count). The summed E-state index contributed by atoms with van der Waals surface area (Å²) in [5, 5.41) is 3.99. The first-order chi connectivity index (χ1) is 8.86. The van der Waals surface area contributed by atoms with Crippen LogP contribution >= 0.6 is 0 Å². The van der Waals surface area contributed by atoms with Crippen LogP contribution in [0.3, 0.4) is 0 Å². The van der Waals surface area contributed by atoms with E-state index < -0.39 is 11.7 Å². The SMILES string of the molecule is CC(C)Oc1cnn(-c2cccc(C(F)(F)F)c2)c1. The highest BCUT2D eigenvalue weighted by molar-refractivity contribution is 5.37. The Morgan fingerprint density at radius 2 is 2.00 bits per heavy atom. The fraction of sp³-hybridized carbons (Fsp3) is 0.308. The van der Waals surface area contributed by atoms with Gasteiger partial charge in [-0.05, 0) is 32.0 Å². The second kappa shape index (κ2) is 4.95. The number of benzene rings is 1. The summed E-state index contributed by atoms with van der Waals surface area (Å²) >= 11 is 0. The topological polar surface area (TPSA) is 27.1 Å². The van der Waals surface area contributed by atoms with Gasteiger partial charge in [0.15, 0.2) is 5.75 Å². The summed E-state index contributed by atoms with van der Waals surface area (Å²) in [6, 6.07) is 4.98. The number of aromatic nitrogens is 2. The van der Waals surface area contributed by atoms with Crippen molar-refractivity contribution in [2.75, 3.05) is 0 Å². The van der Waals surface area contributed by atoms with Gasteiger partial charge in [0, 0.05) is 0 Å². The minimum Gasteiger partial charge on any atom is -0.488 e. The molecule has 0 radical (unpaired) electrons. The lowest BCUT2D eigenvalue weighted by atomic mass is 10.2. The summed E-state index contributed by atoms with van der Waals surface area (Å²) in [5.41, 5.74) is -0.361. The van der Waals surface area contributed by atoms with Crippen molar-refractivity contribution in [1.82, 2.24) is 9.78 Å². The van der Waals surface area contributed by atoms with Crippen molar-refractivity contribution in [2.24, 2.45) is 0 Å². The molecule has 0 aliphatic carbocycles. The minimum atomic E-state index is -4.36. The molecule has 2 aromatic rings.